The summed E-state index contributed by atoms with van der Waals surface area (Å²) >= 11 is 0. The Kier molecular flexibility index (Phi) is 52.2. The molecule has 0 rings (SSSR count). The molecule has 2 unspecified atom stereocenters. The van der Waals surface area contributed by atoms with Crippen LogP contribution in [0.2, 0.25) is 0 Å². The van der Waals surface area contributed by atoms with E-state index in [2.05, 4.69) is 48.5 Å². The van der Waals surface area contributed by atoms with Crippen molar-refractivity contribution in [3.63, 3.8) is 0 Å². The van der Waals surface area contributed by atoms with Gasteiger partial charge in [-0.3, -0.25) is 37.3 Å². The highest BCUT2D eigenvalue weighted by Gasteiger charge is 2.30. The standard InChI is InChI=1S/C62H120O17P2/c1-8-9-10-26-36-43-59(64)72-49-57(79-62(67)46-39-32-25-24-29-35-42-55(6)7)51-76-80(68,69)74-47-56(63)48-75-81(70,71)77-52-58(50-73-60(65)44-37-30-22-19-15-17-21-28-34-41-54(4)5)78-61(66)45-38-31-23-18-14-12-11-13-16-20-27-33-40-53(2)3/h53-58,63H,8-52H2,1-7H3,(H,68,69)(H,70,71)/t56-,57+,58+/m0/s1. The summed E-state index contributed by atoms with van der Waals surface area (Å²) in [7, 11) is -9.88. The Bertz CT molecular complexity index is 1610. The van der Waals surface area contributed by atoms with Crippen molar-refractivity contribution in [2.45, 2.75) is 317 Å². The smallest absolute Gasteiger partial charge is 0.462 e. The van der Waals surface area contributed by atoms with Gasteiger partial charge in [0.1, 0.15) is 19.3 Å². The first-order valence-electron chi connectivity index (χ1n) is 32.3. The second kappa shape index (κ2) is 53.5. The van der Waals surface area contributed by atoms with Crippen LogP contribution in [0.5, 0.6) is 0 Å². The zero-order valence-corrected chi connectivity index (χ0v) is 54.0. The average Bonchev–Trinajstić information content (AvgIpc) is 3.41. The molecule has 0 aromatic carbocycles. The lowest BCUT2D eigenvalue weighted by Crippen LogP contribution is -2.30. The zero-order chi connectivity index (χ0) is 60.3. The number of ether oxygens (including phenoxy) is 4. The maximum atomic E-state index is 13.0. The summed E-state index contributed by atoms with van der Waals surface area (Å²) in [5, 5.41) is 10.5. The second-order valence-electron chi connectivity index (χ2n) is 23.9. The molecular weight excluding hydrogens is 1080 g/mol. The molecule has 0 aromatic heterocycles. The van der Waals surface area contributed by atoms with E-state index in [4.69, 9.17) is 37.0 Å². The first kappa shape index (κ1) is 79.1. The lowest BCUT2D eigenvalue weighted by Gasteiger charge is -2.21. The molecular formula is C62H120O17P2. The van der Waals surface area contributed by atoms with Gasteiger partial charge in [-0.25, -0.2) is 9.13 Å². The number of carbonyl (C=O) groups is 4. The van der Waals surface area contributed by atoms with Gasteiger partial charge >= 0.3 is 39.5 Å². The van der Waals surface area contributed by atoms with Crippen LogP contribution in [0.1, 0.15) is 299 Å². The molecule has 19 heteroatoms. The van der Waals surface area contributed by atoms with Crippen LogP contribution < -0.4 is 0 Å². The van der Waals surface area contributed by atoms with Gasteiger partial charge in [0.05, 0.1) is 26.4 Å². The predicted octanol–water partition coefficient (Wildman–Crippen LogP) is 16.7. The summed E-state index contributed by atoms with van der Waals surface area (Å²) in [6.07, 6.45) is 34.0. The van der Waals surface area contributed by atoms with Gasteiger partial charge in [0.15, 0.2) is 12.2 Å². The van der Waals surface area contributed by atoms with Crippen LogP contribution in [0.4, 0.5) is 0 Å². The Balaban J connectivity index is 5.18. The minimum absolute atomic E-state index is 0.101. The fourth-order valence-corrected chi connectivity index (χ4v) is 10.7. The van der Waals surface area contributed by atoms with Gasteiger partial charge in [0, 0.05) is 25.7 Å². The monoisotopic (exact) mass is 1200 g/mol. The molecule has 0 bridgehead atoms. The molecule has 0 aliphatic heterocycles. The Morgan fingerprint density at radius 1 is 0.333 bits per heavy atom. The number of phosphoric ester groups is 2. The Morgan fingerprint density at radius 2 is 0.568 bits per heavy atom. The highest BCUT2D eigenvalue weighted by atomic mass is 31.2. The maximum Gasteiger partial charge on any atom is 0.472 e. The van der Waals surface area contributed by atoms with Gasteiger partial charge < -0.3 is 33.8 Å². The summed E-state index contributed by atoms with van der Waals surface area (Å²) in [6.45, 7) is 11.6. The molecule has 0 saturated heterocycles. The van der Waals surface area contributed by atoms with E-state index in [1.807, 2.05) is 0 Å². The number of aliphatic hydroxyl groups excluding tert-OH is 1. The molecule has 0 radical (unpaired) electrons. The van der Waals surface area contributed by atoms with Crippen LogP contribution in [-0.2, 0) is 65.4 Å². The first-order chi connectivity index (χ1) is 38.7. The van der Waals surface area contributed by atoms with Crippen molar-refractivity contribution in [2.75, 3.05) is 39.6 Å². The number of unbranched alkanes of at least 4 members (excludes halogenated alkanes) is 28. The van der Waals surface area contributed by atoms with Crippen LogP contribution >= 0.6 is 15.6 Å². The minimum Gasteiger partial charge on any atom is -0.462 e. The molecule has 0 aromatic rings. The molecule has 3 N–H and O–H groups in total. The summed E-state index contributed by atoms with van der Waals surface area (Å²) in [4.78, 5) is 71.8. The summed E-state index contributed by atoms with van der Waals surface area (Å²) in [5.41, 5.74) is 0. The normalized spacial score (nSPS) is 14.4. The molecule has 17 nitrogen and oxygen atoms in total. The first-order valence-corrected chi connectivity index (χ1v) is 35.3. The SMILES string of the molecule is CCCCCCCC(=O)OC[C@H](COP(=O)(O)OC[C@H](O)COP(=O)(O)OC[C@@H](COC(=O)CCCCCCCCCCCC(C)C)OC(=O)CCCCCCCCCCCCCCC(C)C)OC(=O)CCCCCCCCC(C)C. The number of hydrogen-bond acceptors (Lipinski definition) is 15. The molecule has 0 amide bonds. The van der Waals surface area contributed by atoms with Gasteiger partial charge in [-0.2, -0.15) is 0 Å². The third-order valence-electron chi connectivity index (χ3n) is 14.1. The molecule has 0 aliphatic carbocycles. The van der Waals surface area contributed by atoms with E-state index in [0.29, 0.717) is 31.6 Å². The number of hydrogen-bond donors (Lipinski definition) is 3. The second-order valence-corrected chi connectivity index (χ2v) is 26.8. The maximum absolute atomic E-state index is 13.0. The minimum atomic E-state index is -4.94. The van der Waals surface area contributed by atoms with E-state index in [0.717, 1.165) is 108 Å². The number of phosphoric acid groups is 2. The van der Waals surface area contributed by atoms with E-state index < -0.39 is 97.5 Å². The Morgan fingerprint density at radius 3 is 0.840 bits per heavy atom. The summed E-state index contributed by atoms with van der Waals surface area (Å²) < 4.78 is 67.7. The van der Waals surface area contributed by atoms with E-state index >= 15 is 0 Å². The molecule has 5 atom stereocenters. The van der Waals surface area contributed by atoms with E-state index in [1.54, 1.807) is 0 Å². The van der Waals surface area contributed by atoms with Gasteiger partial charge in [-0.05, 0) is 43.4 Å². The third-order valence-corrected chi connectivity index (χ3v) is 16.0. The highest BCUT2D eigenvalue weighted by molar-refractivity contribution is 7.47. The van der Waals surface area contributed by atoms with Crippen molar-refractivity contribution >= 4 is 39.5 Å². The summed E-state index contributed by atoms with van der Waals surface area (Å²) in [6, 6.07) is 0. The quantitative estimate of drug-likeness (QED) is 0.0222. The fourth-order valence-electron chi connectivity index (χ4n) is 9.13. The lowest BCUT2D eigenvalue weighted by molar-refractivity contribution is -0.161. The van der Waals surface area contributed by atoms with Crippen LogP contribution in [0.3, 0.4) is 0 Å². The van der Waals surface area contributed by atoms with Crippen LogP contribution in [0, 0.1) is 17.8 Å². The van der Waals surface area contributed by atoms with Crippen LogP contribution in [-0.4, -0.2) is 96.7 Å². The molecule has 0 heterocycles. The fraction of sp³-hybridized carbons (Fsp3) is 0.935. The predicted molar refractivity (Wildman–Crippen MR) is 321 cm³/mol. The largest absolute Gasteiger partial charge is 0.472 e. The van der Waals surface area contributed by atoms with Crippen molar-refractivity contribution in [2.24, 2.45) is 17.8 Å². The van der Waals surface area contributed by atoms with Crippen molar-refractivity contribution in [1.29, 1.82) is 0 Å². The van der Waals surface area contributed by atoms with E-state index in [9.17, 15) is 43.2 Å². The topological polar surface area (TPSA) is 237 Å². The van der Waals surface area contributed by atoms with Crippen LogP contribution in [0.15, 0.2) is 0 Å². The number of rotatable bonds is 60. The number of aliphatic hydroxyl groups is 1. The highest BCUT2D eigenvalue weighted by Crippen LogP contribution is 2.45. The lowest BCUT2D eigenvalue weighted by atomic mass is 10.0. The molecule has 480 valence electrons. The molecule has 0 aliphatic rings. The molecule has 81 heavy (non-hydrogen) atoms. The van der Waals surface area contributed by atoms with Gasteiger partial charge in [-0.15, -0.1) is 0 Å². The van der Waals surface area contributed by atoms with Gasteiger partial charge in [0.25, 0.3) is 0 Å². The van der Waals surface area contributed by atoms with Crippen molar-refractivity contribution < 1.29 is 80.2 Å². The van der Waals surface area contributed by atoms with Crippen LogP contribution in [0.25, 0.3) is 0 Å². The van der Waals surface area contributed by atoms with Crippen molar-refractivity contribution in [1.82, 2.24) is 0 Å². The summed E-state index contributed by atoms with van der Waals surface area (Å²) in [5.74, 6) is 0.0375. The van der Waals surface area contributed by atoms with Crippen molar-refractivity contribution in [3.05, 3.63) is 0 Å². The molecule has 0 saturated carbocycles. The Hall–Kier alpha value is -1.94. The molecule has 0 fully saturated rings. The Labute approximate surface area is 492 Å². The average molecular weight is 1200 g/mol. The van der Waals surface area contributed by atoms with Crippen molar-refractivity contribution in [3.8, 4) is 0 Å². The number of esters is 4. The third kappa shape index (κ3) is 56.9. The van der Waals surface area contributed by atoms with Gasteiger partial charge in [0.2, 0.25) is 0 Å². The van der Waals surface area contributed by atoms with Gasteiger partial charge in [-0.1, -0.05) is 248 Å². The zero-order valence-electron chi connectivity index (χ0n) is 52.2. The number of carbonyl (C=O) groups excluding carboxylic acids is 4. The van der Waals surface area contributed by atoms with E-state index in [1.165, 1.54) is 103 Å². The van der Waals surface area contributed by atoms with E-state index in [-0.39, 0.29) is 25.7 Å². The molecule has 0 spiro atoms.